The molecule has 0 aromatic heterocycles. The van der Waals surface area contributed by atoms with Crippen LogP contribution in [0.5, 0.6) is 5.75 Å². The molecule has 0 heterocycles. The van der Waals surface area contributed by atoms with Crippen LogP contribution in [-0.2, 0) is 11.2 Å². The molecule has 1 atom stereocenters. The van der Waals surface area contributed by atoms with Gasteiger partial charge in [-0.15, -0.1) is 0 Å². The Kier molecular flexibility index (Phi) is 3.93. The minimum Gasteiger partial charge on any atom is -0.507 e. The highest BCUT2D eigenvalue weighted by Gasteiger charge is 2.18. The van der Waals surface area contributed by atoms with Crippen LogP contribution in [0.4, 0.5) is 0 Å². The Morgan fingerprint density at radius 1 is 1.56 bits per heavy atom. The Labute approximate surface area is 102 Å². The third kappa shape index (κ3) is 2.54. The van der Waals surface area contributed by atoms with Crippen molar-refractivity contribution in [2.24, 2.45) is 5.73 Å². The number of aliphatic carboxylic acids is 1. The molecule has 4 nitrogen and oxygen atoms in total. The standard InChI is InChI=1S/C11H14BrNO3/c1-5-3-8(12)6(2)7(10(5)14)4-9(13)11(15)16/h3,9,14H,4,13H2,1-2H3,(H,15,16). The van der Waals surface area contributed by atoms with Gasteiger partial charge < -0.3 is 15.9 Å². The zero-order chi connectivity index (χ0) is 12.5. The summed E-state index contributed by atoms with van der Waals surface area (Å²) in [7, 11) is 0. The van der Waals surface area contributed by atoms with E-state index in [2.05, 4.69) is 15.9 Å². The number of benzene rings is 1. The molecule has 0 saturated heterocycles. The first-order valence-corrected chi connectivity index (χ1v) is 5.59. The van der Waals surface area contributed by atoms with Gasteiger partial charge in [0.05, 0.1) is 0 Å². The molecule has 0 fully saturated rings. The molecule has 5 heteroatoms. The highest BCUT2D eigenvalue weighted by atomic mass is 79.9. The fourth-order valence-electron chi connectivity index (χ4n) is 1.48. The zero-order valence-corrected chi connectivity index (χ0v) is 10.7. The third-order valence-electron chi connectivity index (χ3n) is 2.55. The van der Waals surface area contributed by atoms with Crippen molar-refractivity contribution in [1.29, 1.82) is 0 Å². The fraction of sp³-hybridized carbons (Fsp3) is 0.364. The lowest BCUT2D eigenvalue weighted by Crippen LogP contribution is -2.32. The van der Waals surface area contributed by atoms with Crippen molar-refractivity contribution in [3.63, 3.8) is 0 Å². The second-order valence-corrected chi connectivity index (χ2v) is 4.63. The number of phenols is 1. The summed E-state index contributed by atoms with van der Waals surface area (Å²) < 4.78 is 0.843. The maximum Gasteiger partial charge on any atom is 0.320 e. The first kappa shape index (κ1) is 13.0. The average Bonchev–Trinajstić information content (AvgIpc) is 2.21. The molecule has 1 aromatic carbocycles. The van der Waals surface area contributed by atoms with Gasteiger partial charge in [0.2, 0.25) is 0 Å². The number of hydrogen-bond acceptors (Lipinski definition) is 3. The Hall–Kier alpha value is -1.07. The number of carboxylic acid groups (broad SMARTS) is 1. The van der Waals surface area contributed by atoms with Crippen molar-refractivity contribution >= 4 is 21.9 Å². The molecular formula is C11H14BrNO3. The van der Waals surface area contributed by atoms with Crippen molar-refractivity contribution < 1.29 is 15.0 Å². The van der Waals surface area contributed by atoms with E-state index in [1.165, 1.54) is 0 Å². The third-order valence-corrected chi connectivity index (χ3v) is 3.38. The van der Waals surface area contributed by atoms with Crippen molar-refractivity contribution in [2.75, 3.05) is 0 Å². The van der Waals surface area contributed by atoms with E-state index in [1.54, 1.807) is 13.0 Å². The van der Waals surface area contributed by atoms with Gasteiger partial charge in [0.25, 0.3) is 0 Å². The van der Waals surface area contributed by atoms with E-state index in [0.717, 1.165) is 10.0 Å². The minimum absolute atomic E-state index is 0.118. The van der Waals surface area contributed by atoms with E-state index in [-0.39, 0.29) is 12.2 Å². The van der Waals surface area contributed by atoms with Crippen LogP contribution in [0.15, 0.2) is 10.5 Å². The smallest absolute Gasteiger partial charge is 0.320 e. The SMILES string of the molecule is Cc1cc(Br)c(C)c(CC(N)C(=O)O)c1O. The summed E-state index contributed by atoms with van der Waals surface area (Å²) >= 11 is 3.36. The average molecular weight is 288 g/mol. The molecule has 0 aliphatic carbocycles. The Morgan fingerprint density at radius 3 is 2.62 bits per heavy atom. The van der Waals surface area contributed by atoms with E-state index in [0.29, 0.717) is 11.1 Å². The van der Waals surface area contributed by atoms with Crippen LogP contribution in [-0.4, -0.2) is 22.2 Å². The highest BCUT2D eigenvalue weighted by molar-refractivity contribution is 9.10. The van der Waals surface area contributed by atoms with Gasteiger partial charge in [-0.1, -0.05) is 15.9 Å². The number of aryl methyl sites for hydroxylation is 1. The molecule has 0 aliphatic heterocycles. The summed E-state index contributed by atoms with van der Waals surface area (Å²) in [6, 6.07) is 0.791. The van der Waals surface area contributed by atoms with E-state index in [1.807, 2.05) is 6.92 Å². The van der Waals surface area contributed by atoms with Crippen molar-refractivity contribution in [1.82, 2.24) is 0 Å². The lowest BCUT2D eigenvalue weighted by atomic mass is 9.98. The van der Waals surface area contributed by atoms with E-state index >= 15 is 0 Å². The fourth-order valence-corrected chi connectivity index (χ4v) is 2.07. The molecule has 0 saturated carbocycles. The van der Waals surface area contributed by atoms with Crippen LogP contribution < -0.4 is 5.73 Å². The molecule has 88 valence electrons. The second kappa shape index (κ2) is 4.84. The van der Waals surface area contributed by atoms with E-state index in [4.69, 9.17) is 10.8 Å². The van der Waals surface area contributed by atoms with Gasteiger partial charge in [0.1, 0.15) is 11.8 Å². The molecule has 0 spiro atoms. The first-order chi connectivity index (χ1) is 7.34. The summed E-state index contributed by atoms with van der Waals surface area (Å²) in [5, 5.41) is 18.6. The Bertz CT molecular complexity index is 405. The molecule has 4 N–H and O–H groups in total. The van der Waals surface area contributed by atoms with E-state index < -0.39 is 12.0 Å². The Morgan fingerprint density at radius 2 is 2.12 bits per heavy atom. The zero-order valence-electron chi connectivity index (χ0n) is 9.12. The second-order valence-electron chi connectivity index (χ2n) is 3.78. The van der Waals surface area contributed by atoms with Gasteiger partial charge >= 0.3 is 5.97 Å². The molecule has 1 aromatic rings. The molecular weight excluding hydrogens is 274 g/mol. The van der Waals surface area contributed by atoms with Gasteiger partial charge in [-0.3, -0.25) is 4.79 Å². The lowest BCUT2D eigenvalue weighted by Gasteiger charge is -2.14. The topological polar surface area (TPSA) is 83.6 Å². The monoisotopic (exact) mass is 287 g/mol. The number of aromatic hydroxyl groups is 1. The molecule has 16 heavy (non-hydrogen) atoms. The highest BCUT2D eigenvalue weighted by Crippen LogP contribution is 2.32. The summed E-state index contributed by atoms with van der Waals surface area (Å²) in [6.45, 7) is 3.57. The normalized spacial score (nSPS) is 12.5. The predicted molar refractivity (Wildman–Crippen MR) is 64.6 cm³/mol. The summed E-state index contributed by atoms with van der Waals surface area (Å²) in [4.78, 5) is 10.7. The summed E-state index contributed by atoms with van der Waals surface area (Å²) in [5.41, 5.74) is 7.56. The number of phenolic OH excluding ortho intramolecular Hbond substituents is 1. The largest absolute Gasteiger partial charge is 0.507 e. The molecule has 0 amide bonds. The van der Waals surface area contributed by atoms with Crippen molar-refractivity contribution in [3.8, 4) is 5.75 Å². The number of hydrogen-bond donors (Lipinski definition) is 3. The van der Waals surface area contributed by atoms with Gasteiger partial charge in [0, 0.05) is 16.5 Å². The molecule has 0 bridgehead atoms. The number of nitrogens with two attached hydrogens (primary N) is 1. The number of carboxylic acids is 1. The number of halogens is 1. The first-order valence-electron chi connectivity index (χ1n) is 4.80. The van der Waals surface area contributed by atoms with Crippen LogP contribution >= 0.6 is 15.9 Å². The molecule has 0 aliphatic rings. The maximum absolute atomic E-state index is 10.7. The van der Waals surface area contributed by atoms with Crippen LogP contribution in [0.1, 0.15) is 16.7 Å². The van der Waals surface area contributed by atoms with Gasteiger partial charge in [-0.2, -0.15) is 0 Å². The molecule has 1 rings (SSSR count). The number of rotatable bonds is 3. The van der Waals surface area contributed by atoms with Crippen LogP contribution in [0.25, 0.3) is 0 Å². The minimum atomic E-state index is -1.07. The van der Waals surface area contributed by atoms with Crippen molar-refractivity contribution in [2.45, 2.75) is 26.3 Å². The maximum atomic E-state index is 10.7. The van der Waals surface area contributed by atoms with Gasteiger partial charge in [-0.25, -0.2) is 0 Å². The van der Waals surface area contributed by atoms with Crippen molar-refractivity contribution in [3.05, 3.63) is 27.2 Å². The summed E-state index contributed by atoms with van der Waals surface area (Å²) in [6.07, 6.45) is 0.118. The summed E-state index contributed by atoms with van der Waals surface area (Å²) in [5.74, 6) is -0.950. The lowest BCUT2D eigenvalue weighted by molar-refractivity contribution is -0.138. The van der Waals surface area contributed by atoms with Crippen LogP contribution in [0.3, 0.4) is 0 Å². The Balaban J connectivity index is 3.17. The number of carbonyl (C=O) groups is 1. The van der Waals surface area contributed by atoms with Crippen LogP contribution in [0.2, 0.25) is 0 Å². The molecule has 1 unspecified atom stereocenters. The molecule has 0 radical (unpaired) electrons. The predicted octanol–water partition coefficient (Wildman–Crippen LogP) is 1.73. The van der Waals surface area contributed by atoms with Crippen LogP contribution in [0, 0.1) is 13.8 Å². The quantitative estimate of drug-likeness (QED) is 0.791. The van der Waals surface area contributed by atoms with Gasteiger partial charge in [0.15, 0.2) is 0 Å². The van der Waals surface area contributed by atoms with Gasteiger partial charge in [-0.05, 0) is 31.0 Å². The van der Waals surface area contributed by atoms with E-state index in [9.17, 15) is 9.90 Å².